The monoisotopic (exact) mass is 237 g/mol. The molecule has 2 atom stereocenters. The van der Waals surface area contributed by atoms with Crippen LogP contribution in [0.1, 0.15) is 51.1 Å². The van der Waals surface area contributed by atoms with Gasteiger partial charge in [0.1, 0.15) is 17.5 Å². The molecule has 0 aromatic carbocycles. The van der Waals surface area contributed by atoms with Crippen LogP contribution in [0, 0.1) is 0 Å². The highest BCUT2D eigenvalue weighted by atomic mass is 32.2. The van der Waals surface area contributed by atoms with E-state index in [1.165, 1.54) is 0 Å². The molecule has 0 radical (unpaired) electrons. The van der Waals surface area contributed by atoms with Gasteiger partial charge in [-0.25, -0.2) is 15.0 Å². The molecule has 0 saturated carbocycles. The van der Waals surface area contributed by atoms with E-state index in [-0.39, 0.29) is 0 Å². The molecule has 2 rings (SSSR count). The van der Waals surface area contributed by atoms with E-state index in [0.29, 0.717) is 16.4 Å². The van der Waals surface area contributed by atoms with Crippen molar-refractivity contribution < 1.29 is 0 Å². The third-order valence-corrected chi connectivity index (χ3v) is 3.93. The molecule has 4 heteroatoms. The summed E-state index contributed by atoms with van der Waals surface area (Å²) in [6, 6.07) is 0. The Kier molecular flexibility index (Phi) is 3.47. The number of hydrogen-bond donors (Lipinski definition) is 0. The summed E-state index contributed by atoms with van der Waals surface area (Å²) in [6.45, 7) is 8.78. The first-order valence-electron chi connectivity index (χ1n) is 5.93. The summed E-state index contributed by atoms with van der Waals surface area (Å²) < 4.78 is 0. The lowest BCUT2D eigenvalue weighted by Crippen LogP contribution is -2.20. The van der Waals surface area contributed by atoms with Crippen molar-refractivity contribution in [3.05, 3.63) is 17.5 Å². The second-order valence-corrected chi connectivity index (χ2v) is 6.73. The first-order valence-corrected chi connectivity index (χ1v) is 6.88. The average Bonchev–Trinajstić information content (AvgIpc) is 2.14. The zero-order chi connectivity index (χ0) is 11.7. The summed E-state index contributed by atoms with van der Waals surface area (Å²) in [7, 11) is 0. The zero-order valence-corrected chi connectivity index (χ0v) is 11.2. The molecular formula is C12H19N3S. The Morgan fingerprint density at radius 3 is 1.94 bits per heavy atom. The Balaban J connectivity index is 2.37. The van der Waals surface area contributed by atoms with Gasteiger partial charge in [-0.3, -0.25) is 0 Å². The summed E-state index contributed by atoms with van der Waals surface area (Å²) in [5, 5.41) is 1.20. The van der Waals surface area contributed by atoms with Crippen LogP contribution in [0.25, 0.3) is 0 Å². The minimum Gasteiger partial charge on any atom is -0.218 e. The molecule has 1 aliphatic rings. The van der Waals surface area contributed by atoms with Gasteiger partial charge in [-0.2, -0.15) is 11.8 Å². The predicted octanol–water partition coefficient (Wildman–Crippen LogP) is 2.60. The van der Waals surface area contributed by atoms with Crippen molar-refractivity contribution in [3.8, 4) is 0 Å². The molecule has 1 aromatic rings. The van der Waals surface area contributed by atoms with Gasteiger partial charge in [0.15, 0.2) is 0 Å². The van der Waals surface area contributed by atoms with E-state index in [2.05, 4.69) is 42.6 Å². The van der Waals surface area contributed by atoms with Crippen LogP contribution in [0.5, 0.6) is 0 Å². The highest BCUT2D eigenvalue weighted by Gasteiger charge is 2.19. The second-order valence-electron chi connectivity index (χ2n) is 4.85. The molecule has 2 bridgehead atoms. The molecular weight excluding hydrogens is 218 g/mol. The number of hydrogen-bond acceptors (Lipinski definition) is 4. The first kappa shape index (κ1) is 11.8. The minimum atomic E-state index is 0.387. The van der Waals surface area contributed by atoms with Crippen LogP contribution in [0.3, 0.4) is 0 Å². The van der Waals surface area contributed by atoms with Gasteiger partial charge in [0.2, 0.25) is 0 Å². The minimum absolute atomic E-state index is 0.387. The fraction of sp³-hybridized carbons (Fsp3) is 0.750. The van der Waals surface area contributed by atoms with Gasteiger partial charge in [-0.15, -0.1) is 0 Å². The lowest BCUT2D eigenvalue weighted by Gasteiger charge is -2.20. The highest BCUT2D eigenvalue weighted by Crippen LogP contribution is 2.25. The molecule has 16 heavy (non-hydrogen) atoms. The van der Waals surface area contributed by atoms with Crippen LogP contribution in [0.15, 0.2) is 0 Å². The summed E-state index contributed by atoms with van der Waals surface area (Å²) >= 11 is 2.01. The quantitative estimate of drug-likeness (QED) is 0.752. The van der Waals surface area contributed by atoms with E-state index in [9.17, 15) is 0 Å². The van der Waals surface area contributed by atoms with Crippen LogP contribution < -0.4 is 0 Å². The Labute approximate surface area is 101 Å². The molecule has 1 aromatic heterocycles. The Bertz CT molecular complexity index is 350. The smallest absolute Gasteiger partial charge is 0.135 e. The zero-order valence-electron chi connectivity index (χ0n) is 10.4. The summed E-state index contributed by atoms with van der Waals surface area (Å²) in [4.78, 5) is 13.6. The van der Waals surface area contributed by atoms with Gasteiger partial charge in [-0.05, 0) is 0 Å². The van der Waals surface area contributed by atoms with Gasteiger partial charge in [0.05, 0.1) is 0 Å². The van der Waals surface area contributed by atoms with Crippen LogP contribution in [0.2, 0.25) is 0 Å². The van der Waals surface area contributed by atoms with Gasteiger partial charge in [0, 0.05) is 29.3 Å². The standard InChI is InChI=1S/C12H19N3S/c1-7(2)12-14-10-5-8(3)16-9(4)6-11(13-10)15-12/h7-9H,5-6H2,1-4H3. The van der Waals surface area contributed by atoms with Crippen molar-refractivity contribution in [2.45, 2.75) is 57.0 Å². The number of thioether (sulfide) groups is 1. The van der Waals surface area contributed by atoms with E-state index in [1.54, 1.807) is 0 Å². The molecule has 0 amide bonds. The maximum atomic E-state index is 4.54. The lowest BCUT2D eigenvalue weighted by atomic mass is 10.2. The summed E-state index contributed by atoms with van der Waals surface area (Å²) in [5.41, 5.74) is 0. The van der Waals surface area contributed by atoms with E-state index in [4.69, 9.17) is 0 Å². The maximum absolute atomic E-state index is 4.54. The number of fused-ring (bicyclic) bond motifs is 2. The Hall–Kier alpha value is -0.640. The molecule has 88 valence electrons. The SMILES string of the molecule is CC1Cc2nc(nc(C(C)C)n2)CC(C)S1. The number of nitrogens with zero attached hydrogens (tertiary/aromatic N) is 3. The number of rotatable bonds is 1. The largest absolute Gasteiger partial charge is 0.218 e. The number of aromatic nitrogens is 3. The molecule has 0 spiro atoms. The van der Waals surface area contributed by atoms with Crippen molar-refractivity contribution in [2.75, 3.05) is 0 Å². The molecule has 2 heterocycles. The van der Waals surface area contributed by atoms with Crippen molar-refractivity contribution in [2.24, 2.45) is 0 Å². The molecule has 0 aliphatic carbocycles. The summed E-state index contributed by atoms with van der Waals surface area (Å²) in [5.74, 6) is 3.28. The van der Waals surface area contributed by atoms with E-state index >= 15 is 0 Å². The first-order chi connectivity index (χ1) is 7.54. The van der Waals surface area contributed by atoms with E-state index < -0.39 is 0 Å². The van der Waals surface area contributed by atoms with E-state index in [0.717, 1.165) is 30.3 Å². The molecule has 1 aliphatic heterocycles. The predicted molar refractivity (Wildman–Crippen MR) is 67.8 cm³/mol. The van der Waals surface area contributed by atoms with Crippen molar-refractivity contribution in [1.29, 1.82) is 0 Å². The van der Waals surface area contributed by atoms with Crippen LogP contribution in [-0.4, -0.2) is 25.5 Å². The fourth-order valence-corrected chi connectivity index (χ4v) is 3.22. The van der Waals surface area contributed by atoms with Crippen molar-refractivity contribution in [3.63, 3.8) is 0 Å². The Morgan fingerprint density at radius 2 is 1.50 bits per heavy atom. The molecule has 2 unspecified atom stereocenters. The van der Waals surface area contributed by atoms with Gasteiger partial charge in [0.25, 0.3) is 0 Å². The molecule has 3 nitrogen and oxygen atoms in total. The van der Waals surface area contributed by atoms with Crippen LogP contribution in [0.4, 0.5) is 0 Å². The third kappa shape index (κ3) is 2.73. The fourth-order valence-electron chi connectivity index (χ4n) is 1.94. The normalized spacial score (nSPS) is 25.3. The van der Waals surface area contributed by atoms with Gasteiger partial charge < -0.3 is 0 Å². The van der Waals surface area contributed by atoms with Gasteiger partial charge in [-0.1, -0.05) is 27.7 Å². The topological polar surface area (TPSA) is 38.7 Å². The van der Waals surface area contributed by atoms with E-state index in [1.807, 2.05) is 11.8 Å². The lowest BCUT2D eigenvalue weighted by molar-refractivity contribution is 0.676. The molecule has 0 fully saturated rings. The van der Waals surface area contributed by atoms with Crippen LogP contribution in [-0.2, 0) is 12.8 Å². The molecule has 0 saturated heterocycles. The third-order valence-electron chi connectivity index (χ3n) is 2.67. The average molecular weight is 237 g/mol. The van der Waals surface area contributed by atoms with Crippen molar-refractivity contribution >= 4 is 11.8 Å². The molecule has 0 N–H and O–H groups in total. The Morgan fingerprint density at radius 1 is 1.00 bits per heavy atom. The van der Waals surface area contributed by atoms with Gasteiger partial charge >= 0.3 is 0 Å². The highest BCUT2D eigenvalue weighted by molar-refractivity contribution is 8.00. The van der Waals surface area contributed by atoms with Crippen molar-refractivity contribution in [1.82, 2.24) is 15.0 Å². The summed E-state index contributed by atoms with van der Waals surface area (Å²) in [6.07, 6.45) is 1.93. The van der Waals surface area contributed by atoms with Crippen LogP contribution >= 0.6 is 11.8 Å². The second kappa shape index (κ2) is 4.70. The maximum Gasteiger partial charge on any atom is 0.135 e.